The summed E-state index contributed by atoms with van der Waals surface area (Å²) in [4.78, 5) is 10.5. The Bertz CT molecular complexity index is 624. The van der Waals surface area contributed by atoms with Gasteiger partial charge in [-0.15, -0.1) is 5.10 Å². The first-order valence-corrected chi connectivity index (χ1v) is 6.35. The van der Waals surface area contributed by atoms with Gasteiger partial charge in [-0.1, -0.05) is 24.1 Å². The number of hydrogen-bond acceptors (Lipinski definition) is 5. The van der Waals surface area contributed by atoms with Crippen LogP contribution in [-0.2, 0) is 0 Å². The van der Waals surface area contributed by atoms with E-state index in [0.717, 1.165) is 25.7 Å². The molecule has 2 atom stereocenters. The second-order valence-electron chi connectivity index (χ2n) is 4.86. The van der Waals surface area contributed by atoms with Crippen molar-refractivity contribution in [3.8, 4) is 0 Å². The Morgan fingerprint density at radius 2 is 2.16 bits per heavy atom. The smallest absolute Gasteiger partial charge is 0.299 e. The fraction of sp³-hybridized carbons (Fsp3) is 0.500. The van der Waals surface area contributed by atoms with Gasteiger partial charge in [0, 0.05) is 6.07 Å². The zero-order valence-electron chi connectivity index (χ0n) is 10.3. The molecular weight excluding hydrogens is 248 g/mol. The van der Waals surface area contributed by atoms with Gasteiger partial charge in [-0.3, -0.25) is 10.1 Å². The molecule has 0 bridgehead atoms. The predicted octanol–water partition coefficient (Wildman–Crippen LogP) is 1.82. The van der Waals surface area contributed by atoms with Gasteiger partial charge in [0.15, 0.2) is 5.52 Å². The average molecular weight is 262 g/mol. The molecule has 1 aliphatic rings. The largest absolute Gasteiger partial charge is 0.391 e. The number of benzene rings is 1. The van der Waals surface area contributed by atoms with Crippen LogP contribution in [0.3, 0.4) is 0 Å². The molecule has 1 saturated carbocycles. The van der Waals surface area contributed by atoms with Crippen molar-refractivity contribution in [3.63, 3.8) is 0 Å². The van der Waals surface area contributed by atoms with Gasteiger partial charge < -0.3 is 5.11 Å². The molecular formula is C12H14N4O3. The number of aromatic nitrogens is 3. The minimum atomic E-state index is -0.460. The van der Waals surface area contributed by atoms with E-state index in [1.165, 1.54) is 6.07 Å². The van der Waals surface area contributed by atoms with Crippen molar-refractivity contribution >= 4 is 16.7 Å². The van der Waals surface area contributed by atoms with E-state index in [1.807, 2.05) is 0 Å². The summed E-state index contributed by atoms with van der Waals surface area (Å²) in [7, 11) is 0. The van der Waals surface area contributed by atoms with E-state index in [0.29, 0.717) is 5.52 Å². The Kier molecular flexibility index (Phi) is 2.90. The van der Waals surface area contributed by atoms with Crippen molar-refractivity contribution < 1.29 is 10.0 Å². The van der Waals surface area contributed by atoms with Crippen LogP contribution >= 0.6 is 0 Å². The normalized spacial score (nSPS) is 23.6. The Labute approximate surface area is 109 Å². The standard InChI is InChI=1S/C12H14N4O3/c17-11-7-2-1-4-8(11)15-9-5-3-6-10(16(18)19)12(9)13-14-15/h3,5-6,8,11,17H,1-2,4,7H2. The second kappa shape index (κ2) is 4.58. The second-order valence-corrected chi connectivity index (χ2v) is 4.86. The first-order valence-electron chi connectivity index (χ1n) is 6.35. The van der Waals surface area contributed by atoms with Gasteiger partial charge >= 0.3 is 0 Å². The zero-order valence-corrected chi connectivity index (χ0v) is 10.3. The number of nitrogens with zero attached hydrogens (tertiary/aromatic N) is 4. The van der Waals surface area contributed by atoms with Crippen molar-refractivity contribution in [1.29, 1.82) is 0 Å². The Hall–Kier alpha value is -2.02. The summed E-state index contributed by atoms with van der Waals surface area (Å²) in [5.41, 5.74) is 0.847. The zero-order chi connectivity index (χ0) is 13.4. The SMILES string of the molecule is O=[N+]([O-])c1cccc2c1nnn2C1CCCCC1O. The molecule has 2 unspecified atom stereocenters. The van der Waals surface area contributed by atoms with Crippen LogP contribution in [0.25, 0.3) is 11.0 Å². The average Bonchev–Trinajstić information content (AvgIpc) is 2.82. The van der Waals surface area contributed by atoms with Gasteiger partial charge in [-0.25, -0.2) is 4.68 Å². The highest BCUT2D eigenvalue weighted by Gasteiger charge is 2.28. The quantitative estimate of drug-likeness (QED) is 0.658. The lowest BCUT2D eigenvalue weighted by Gasteiger charge is -2.27. The molecule has 2 aromatic rings. The first kappa shape index (κ1) is 12.0. The van der Waals surface area contributed by atoms with Gasteiger partial charge in [0.1, 0.15) is 0 Å². The van der Waals surface area contributed by atoms with Gasteiger partial charge in [0.05, 0.1) is 22.6 Å². The topological polar surface area (TPSA) is 94.1 Å². The number of rotatable bonds is 2. The van der Waals surface area contributed by atoms with Crippen LogP contribution in [0.5, 0.6) is 0 Å². The number of fused-ring (bicyclic) bond motifs is 1. The molecule has 7 heteroatoms. The molecule has 3 rings (SSSR count). The molecule has 0 saturated heterocycles. The fourth-order valence-electron chi connectivity index (χ4n) is 2.72. The summed E-state index contributed by atoms with van der Waals surface area (Å²) in [5, 5.41) is 28.9. The lowest BCUT2D eigenvalue weighted by molar-refractivity contribution is -0.383. The van der Waals surface area contributed by atoms with E-state index in [1.54, 1.807) is 16.8 Å². The van der Waals surface area contributed by atoms with Crippen molar-refractivity contribution in [2.45, 2.75) is 37.8 Å². The predicted molar refractivity (Wildman–Crippen MR) is 67.7 cm³/mol. The number of hydrogen-bond donors (Lipinski definition) is 1. The molecule has 100 valence electrons. The Morgan fingerprint density at radius 3 is 2.89 bits per heavy atom. The van der Waals surface area contributed by atoms with E-state index in [9.17, 15) is 15.2 Å². The van der Waals surface area contributed by atoms with Crippen LogP contribution in [0.1, 0.15) is 31.7 Å². The number of aliphatic hydroxyl groups is 1. The van der Waals surface area contributed by atoms with Crippen molar-refractivity contribution in [1.82, 2.24) is 15.0 Å². The highest BCUT2D eigenvalue weighted by atomic mass is 16.6. The maximum absolute atomic E-state index is 10.9. The number of nitro groups is 1. The van der Waals surface area contributed by atoms with E-state index in [-0.39, 0.29) is 17.2 Å². The molecule has 1 heterocycles. The molecule has 1 fully saturated rings. The summed E-state index contributed by atoms with van der Waals surface area (Å²) >= 11 is 0. The van der Waals surface area contributed by atoms with Crippen molar-refractivity contribution in [3.05, 3.63) is 28.3 Å². The third-order valence-electron chi connectivity index (χ3n) is 3.69. The summed E-state index contributed by atoms with van der Waals surface area (Å²) in [6, 6.07) is 4.65. The summed E-state index contributed by atoms with van der Waals surface area (Å²) in [5.74, 6) is 0. The third kappa shape index (κ3) is 1.95. The molecule has 0 spiro atoms. The van der Waals surface area contributed by atoms with Crippen LogP contribution < -0.4 is 0 Å². The van der Waals surface area contributed by atoms with Gasteiger partial charge in [0.2, 0.25) is 0 Å². The number of aliphatic hydroxyl groups excluding tert-OH is 1. The molecule has 1 aliphatic carbocycles. The van der Waals surface area contributed by atoms with Crippen LogP contribution in [0.15, 0.2) is 18.2 Å². The van der Waals surface area contributed by atoms with Gasteiger partial charge in [-0.05, 0) is 18.9 Å². The maximum Gasteiger partial charge on any atom is 0.299 e. The summed E-state index contributed by atoms with van der Waals surface area (Å²) in [6.45, 7) is 0. The molecule has 0 aliphatic heterocycles. The van der Waals surface area contributed by atoms with E-state index in [2.05, 4.69) is 10.3 Å². The van der Waals surface area contributed by atoms with Crippen LogP contribution in [0.2, 0.25) is 0 Å². The van der Waals surface area contributed by atoms with Crippen molar-refractivity contribution in [2.24, 2.45) is 0 Å². The fourth-order valence-corrected chi connectivity index (χ4v) is 2.72. The van der Waals surface area contributed by atoms with Gasteiger partial charge in [0.25, 0.3) is 5.69 Å². The molecule has 1 N–H and O–H groups in total. The Morgan fingerprint density at radius 1 is 1.37 bits per heavy atom. The minimum Gasteiger partial charge on any atom is -0.391 e. The molecule has 1 aromatic carbocycles. The molecule has 7 nitrogen and oxygen atoms in total. The molecule has 19 heavy (non-hydrogen) atoms. The molecule has 0 amide bonds. The lowest BCUT2D eigenvalue weighted by Crippen LogP contribution is -2.28. The monoisotopic (exact) mass is 262 g/mol. The summed E-state index contributed by atoms with van der Waals surface area (Å²) < 4.78 is 1.63. The van der Waals surface area contributed by atoms with E-state index < -0.39 is 11.0 Å². The maximum atomic E-state index is 10.9. The van der Waals surface area contributed by atoms with Crippen LogP contribution in [0, 0.1) is 10.1 Å². The molecule has 1 aromatic heterocycles. The number of non-ortho nitro benzene ring substituents is 1. The highest BCUT2D eigenvalue weighted by Crippen LogP contribution is 2.32. The van der Waals surface area contributed by atoms with Crippen LogP contribution in [0.4, 0.5) is 5.69 Å². The summed E-state index contributed by atoms with van der Waals surface area (Å²) in [6.07, 6.45) is 3.13. The lowest BCUT2D eigenvalue weighted by atomic mass is 9.92. The van der Waals surface area contributed by atoms with Gasteiger partial charge in [-0.2, -0.15) is 0 Å². The van der Waals surface area contributed by atoms with E-state index >= 15 is 0 Å². The van der Waals surface area contributed by atoms with Crippen molar-refractivity contribution in [2.75, 3.05) is 0 Å². The third-order valence-corrected chi connectivity index (χ3v) is 3.69. The number of nitro benzene ring substituents is 1. The Balaban J connectivity index is 2.10. The van der Waals surface area contributed by atoms with Crippen LogP contribution in [-0.4, -0.2) is 31.1 Å². The minimum absolute atomic E-state index is 0.0472. The first-order chi connectivity index (χ1) is 9.18. The van der Waals surface area contributed by atoms with E-state index in [4.69, 9.17) is 0 Å². The highest BCUT2D eigenvalue weighted by molar-refractivity contribution is 5.83. The molecule has 0 radical (unpaired) electrons.